The molecule has 6 heteroatoms. The number of nitrogens with zero attached hydrogens (tertiary/aromatic N) is 3. The summed E-state index contributed by atoms with van der Waals surface area (Å²) in [6, 6.07) is 16.2. The maximum atomic E-state index is 13.5. The van der Waals surface area contributed by atoms with Gasteiger partial charge in [0.05, 0.1) is 16.2 Å². The van der Waals surface area contributed by atoms with Crippen molar-refractivity contribution in [3.05, 3.63) is 69.8 Å². The maximum Gasteiger partial charge on any atom is 0.275 e. The Kier molecular flexibility index (Phi) is 4.89. The van der Waals surface area contributed by atoms with Crippen LogP contribution in [0.1, 0.15) is 54.1 Å². The fourth-order valence-electron chi connectivity index (χ4n) is 4.86. The first kappa shape index (κ1) is 20.1. The molecule has 1 saturated heterocycles. The Labute approximate surface area is 196 Å². The van der Waals surface area contributed by atoms with Gasteiger partial charge in [0.1, 0.15) is 0 Å². The SMILES string of the molecule is O=C(c1nn(-c2ccc(Cl)cc2Cl)c2c1ccc1cc(C3CC3)ccc12)N1CCCCC1. The van der Waals surface area contributed by atoms with E-state index in [0.29, 0.717) is 21.7 Å². The van der Waals surface area contributed by atoms with E-state index in [2.05, 4.69) is 24.3 Å². The largest absolute Gasteiger partial charge is 0.337 e. The van der Waals surface area contributed by atoms with Gasteiger partial charge in [-0.1, -0.05) is 47.5 Å². The summed E-state index contributed by atoms with van der Waals surface area (Å²) in [6.45, 7) is 1.57. The van der Waals surface area contributed by atoms with E-state index in [9.17, 15) is 4.79 Å². The van der Waals surface area contributed by atoms with Gasteiger partial charge in [-0.05, 0) is 73.2 Å². The number of hydrogen-bond acceptors (Lipinski definition) is 2. The van der Waals surface area contributed by atoms with Crippen molar-refractivity contribution in [2.24, 2.45) is 0 Å². The fraction of sp³-hybridized carbons (Fsp3) is 0.308. The molecule has 4 aromatic rings. The number of rotatable bonds is 3. The van der Waals surface area contributed by atoms with Crippen molar-refractivity contribution in [1.82, 2.24) is 14.7 Å². The van der Waals surface area contributed by atoms with E-state index in [1.807, 2.05) is 21.7 Å². The summed E-state index contributed by atoms with van der Waals surface area (Å²) in [7, 11) is 0. The predicted octanol–water partition coefficient (Wildman–Crippen LogP) is 6.99. The highest BCUT2D eigenvalue weighted by Crippen LogP contribution is 2.42. The Morgan fingerprint density at radius 2 is 1.69 bits per heavy atom. The number of amides is 1. The second-order valence-electron chi connectivity index (χ2n) is 8.93. The highest BCUT2D eigenvalue weighted by atomic mass is 35.5. The molecular formula is C26H23Cl2N3O. The zero-order chi connectivity index (χ0) is 21.8. The summed E-state index contributed by atoms with van der Waals surface area (Å²) in [6.07, 6.45) is 5.79. The molecule has 32 heavy (non-hydrogen) atoms. The molecule has 3 aromatic carbocycles. The van der Waals surface area contributed by atoms with Gasteiger partial charge < -0.3 is 4.90 Å². The van der Waals surface area contributed by atoms with E-state index in [1.54, 1.807) is 12.1 Å². The second-order valence-corrected chi connectivity index (χ2v) is 9.77. The van der Waals surface area contributed by atoms with E-state index in [-0.39, 0.29) is 5.91 Å². The number of carbonyl (C=O) groups is 1. The summed E-state index contributed by atoms with van der Waals surface area (Å²) in [5.74, 6) is 0.675. The van der Waals surface area contributed by atoms with Gasteiger partial charge in [0.2, 0.25) is 0 Å². The number of benzene rings is 3. The van der Waals surface area contributed by atoms with Gasteiger partial charge in [-0.25, -0.2) is 4.68 Å². The number of aromatic nitrogens is 2. The van der Waals surface area contributed by atoms with Crippen molar-refractivity contribution < 1.29 is 4.79 Å². The molecule has 0 unspecified atom stereocenters. The fourth-order valence-corrected chi connectivity index (χ4v) is 5.35. The Hall–Kier alpha value is -2.56. The van der Waals surface area contributed by atoms with Crippen LogP contribution in [0.15, 0.2) is 48.5 Å². The number of fused-ring (bicyclic) bond motifs is 3. The molecule has 2 aliphatic rings. The smallest absolute Gasteiger partial charge is 0.275 e. The Morgan fingerprint density at radius 1 is 0.906 bits per heavy atom. The molecule has 1 aliphatic heterocycles. The molecule has 0 bridgehead atoms. The minimum atomic E-state index is -0.00696. The molecule has 0 radical (unpaired) electrons. The van der Waals surface area contributed by atoms with Crippen LogP contribution in [0.4, 0.5) is 0 Å². The van der Waals surface area contributed by atoms with Crippen molar-refractivity contribution >= 4 is 50.8 Å². The molecule has 1 aromatic heterocycles. The molecule has 2 heterocycles. The van der Waals surface area contributed by atoms with Crippen LogP contribution in [0, 0.1) is 0 Å². The second kappa shape index (κ2) is 7.79. The van der Waals surface area contributed by atoms with Crippen LogP contribution in [-0.2, 0) is 0 Å². The predicted molar refractivity (Wildman–Crippen MR) is 130 cm³/mol. The van der Waals surface area contributed by atoms with Gasteiger partial charge in [0, 0.05) is 28.9 Å². The minimum Gasteiger partial charge on any atom is -0.337 e. The molecule has 1 aliphatic carbocycles. The highest BCUT2D eigenvalue weighted by molar-refractivity contribution is 6.36. The van der Waals surface area contributed by atoms with Crippen LogP contribution < -0.4 is 0 Å². The van der Waals surface area contributed by atoms with Crippen LogP contribution in [0.5, 0.6) is 0 Å². The number of hydrogen-bond donors (Lipinski definition) is 0. The van der Waals surface area contributed by atoms with Crippen molar-refractivity contribution in [3.63, 3.8) is 0 Å². The number of piperidine rings is 1. The minimum absolute atomic E-state index is 0.00696. The van der Waals surface area contributed by atoms with Crippen LogP contribution in [0.2, 0.25) is 10.0 Å². The zero-order valence-corrected chi connectivity index (χ0v) is 19.2. The molecule has 1 amide bonds. The van der Waals surface area contributed by atoms with E-state index >= 15 is 0 Å². The van der Waals surface area contributed by atoms with E-state index in [1.165, 1.54) is 24.8 Å². The first-order valence-corrected chi connectivity index (χ1v) is 12.1. The lowest BCUT2D eigenvalue weighted by molar-refractivity contribution is 0.0720. The third-order valence-corrected chi connectivity index (χ3v) is 7.25. The van der Waals surface area contributed by atoms with Crippen molar-refractivity contribution in [2.45, 2.75) is 38.0 Å². The maximum absolute atomic E-state index is 13.5. The lowest BCUT2D eigenvalue weighted by Crippen LogP contribution is -2.36. The first-order chi connectivity index (χ1) is 15.6. The number of halogens is 2. The molecule has 0 N–H and O–H groups in total. The summed E-state index contributed by atoms with van der Waals surface area (Å²) >= 11 is 12.7. The van der Waals surface area contributed by atoms with Crippen LogP contribution in [-0.4, -0.2) is 33.7 Å². The molecule has 162 valence electrons. The van der Waals surface area contributed by atoms with Crippen LogP contribution in [0.25, 0.3) is 27.4 Å². The molecular weight excluding hydrogens is 441 g/mol. The summed E-state index contributed by atoms with van der Waals surface area (Å²) < 4.78 is 1.82. The van der Waals surface area contributed by atoms with Gasteiger partial charge in [0.15, 0.2) is 5.69 Å². The van der Waals surface area contributed by atoms with Crippen LogP contribution >= 0.6 is 23.2 Å². The first-order valence-electron chi connectivity index (χ1n) is 11.3. The van der Waals surface area contributed by atoms with Crippen molar-refractivity contribution in [3.8, 4) is 5.69 Å². The third kappa shape index (κ3) is 3.37. The Morgan fingerprint density at radius 3 is 2.44 bits per heavy atom. The molecule has 2 fully saturated rings. The van der Waals surface area contributed by atoms with Gasteiger partial charge in [0.25, 0.3) is 5.91 Å². The van der Waals surface area contributed by atoms with E-state index in [0.717, 1.165) is 53.3 Å². The molecule has 4 nitrogen and oxygen atoms in total. The lowest BCUT2D eigenvalue weighted by atomic mass is 10.0. The van der Waals surface area contributed by atoms with Crippen molar-refractivity contribution in [2.75, 3.05) is 13.1 Å². The third-order valence-electron chi connectivity index (χ3n) is 6.71. The normalized spacial score (nSPS) is 16.8. The molecule has 6 rings (SSSR count). The average molecular weight is 464 g/mol. The average Bonchev–Trinajstić information content (AvgIpc) is 3.59. The molecule has 0 spiro atoms. The number of carbonyl (C=O) groups excluding carboxylic acids is 1. The quantitative estimate of drug-likeness (QED) is 0.328. The van der Waals surface area contributed by atoms with Gasteiger partial charge >= 0.3 is 0 Å². The Bertz CT molecular complexity index is 1370. The molecule has 1 saturated carbocycles. The van der Waals surface area contributed by atoms with Gasteiger partial charge in [-0.2, -0.15) is 5.10 Å². The van der Waals surface area contributed by atoms with E-state index < -0.39 is 0 Å². The zero-order valence-electron chi connectivity index (χ0n) is 17.7. The monoisotopic (exact) mass is 463 g/mol. The van der Waals surface area contributed by atoms with Gasteiger partial charge in [-0.15, -0.1) is 0 Å². The molecule has 0 atom stereocenters. The summed E-state index contributed by atoms with van der Waals surface area (Å²) in [5, 5.41) is 9.01. The summed E-state index contributed by atoms with van der Waals surface area (Å²) in [5.41, 5.74) is 3.50. The van der Waals surface area contributed by atoms with Gasteiger partial charge in [-0.3, -0.25) is 4.79 Å². The standard InChI is InChI=1S/C26H23Cl2N3O/c27-19-8-11-23(22(28)15-19)31-25-20-9-6-17(16-4-5-16)14-18(20)7-10-21(25)24(29-31)26(32)30-12-2-1-3-13-30/h6-11,14-16H,1-5,12-13H2. The van der Waals surface area contributed by atoms with Crippen molar-refractivity contribution in [1.29, 1.82) is 0 Å². The number of likely N-dealkylation sites (tertiary alicyclic amines) is 1. The lowest BCUT2D eigenvalue weighted by Gasteiger charge is -2.25. The summed E-state index contributed by atoms with van der Waals surface area (Å²) in [4.78, 5) is 15.4. The van der Waals surface area contributed by atoms with Crippen LogP contribution in [0.3, 0.4) is 0 Å². The Balaban J connectivity index is 1.60. The van der Waals surface area contributed by atoms with E-state index in [4.69, 9.17) is 28.3 Å². The topological polar surface area (TPSA) is 38.1 Å². The highest BCUT2D eigenvalue weighted by Gasteiger charge is 2.27.